The number of anilines is 2. The second-order valence-corrected chi connectivity index (χ2v) is 12.3. The van der Waals surface area contributed by atoms with Crippen molar-refractivity contribution in [2.75, 3.05) is 63.3 Å². The first-order chi connectivity index (χ1) is 21.8. The number of methoxy groups -OCH3 is 1. The van der Waals surface area contributed by atoms with Gasteiger partial charge in [-0.1, -0.05) is 42.4 Å². The molecule has 12 heteroatoms. The molecule has 3 aliphatic heterocycles. The number of rotatable bonds is 8. The smallest absolute Gasteiger partial charge is 0.318 e. The lowest BCUT2D eigenvalue weighted by atomic mass is 10.0. The van der Waals surface area contributed by atoms with Crippen molar-refractivity contribution in [2.24, 2.45) is 0 Å². The van der Waals surface area contributed by atoms with Gasteiger partial charge in [0.2, 0.25) is 0 Å². The normalized spacial score (nSPS) is 21.9. The first-order valence-corrected chi connectivity index (χ1v) is 15.6. The summed E-state index contributed by atoms with van der Waals surface area (Å²) in [5.41, 5.74) is 2.90. The van der Waals surface area contributed by atoms with Crippen molar-refractivity contribution in [3.8, 4) is 12.1 Å². The van der Waals surface area contributed by atoms with Crippen LogP contribution in [0.5, 0.6) is 6.01 Å². The number of hydrogen-bond donors (Lipinski definition) is 0. The summed E-state index contributed by atoms with van der Waals surface area (Å²) in [6, 6.07) is 14.2. The first kappa shape index (κ1) is 31.0. The molecule has 0 radical (unpaired) electrons. The molecule has 6 rings (SSSR count). The van der Waals surface area contributed by atoms with Crippen LogP contribution in [0.2, 0.25) is 5.02 Å². The zero-order valence-electron chi connectivity index (χ0n) is 25.6. The fourth-order valence-electron chi connectivity index (χ4n) is 6.78. The van der Waals surface area contributed by atoms with Crippen LogP contribution in [0.4, 0.5) is 15.9 Å². The van der Waals surface area contributed by atoms with E-state index in [-0.39, 0.29) is 31.1 Å². The lowest BCUT2D eigenvalue weighted by Gasteiger charge is -2.42. The molecule has 3 aromatic rings. The molecule has 1 aromatic heterocycles. The summed E-state index contributed by atoms with van der Waals surface area (Å²) in [4.78, 5) is 30.4. The van der Waals surface area contributed by atoms with Gasteiger partial charge in [-0.15, -0.1) is 0 Å². The molecule has 0 spiro atoms. The Hall–Kier alpha value is -3.98. The van der Waals surface area contributed by atoms with E-state index in [0.29, 0.717) is 37.7 Å². The number of nitrogens with zero attached hydrogens (tertiary/aromatic N) is 7. The summed E-state index contributed by atoms with van der Waals surface area (Å²) in [6.45, 7) is 6.68. The van der Waals surface area contributed by atoms with E-state index in [2.05, 4.69) is 52.6 Å². The molecule has 3 aliphatic rings. The van der Waals surface area contributed by atoms with Gasteiger partial charge in [0.25, 0.3) is 5.91 Å². The van der Waals surface area contributed by atoms with Gasteiger partial charge in [0.15, 0.2) is 5.83 Å². The summed E-state index contributed by atoms with van der Waals surface area (Å²) < 4.78 is 25.7. The van der Waals surface area contributed by atoms with Crippen LogP contribution < -0.4 is 14.5 Å². The van der Waals surface area contributed by atoms with Crippen molar-refractivity contribution < 1.29 is 18.7 Å². The summed E-state index contributed by atoms with van der Waals surface area (Å²) in [5.74, 6) is -1.07. The Morgan fingerprint density at radius 2 is 1.93 bits per heavy atom. The standard InChI is InChI=1S/C33H37ClFN7O3/c1-21(35)32(43)42-15-14-41(17-23(42)10-12-36)31-26-11-13-40(29-9-5-7-22-6-4-8-27(34)30(22)29)19-28(26)37-33(38-31)45-20-24-16-25(44-3)18-39(24)2/h4-9,23-25H,1,10-11,13-20H2,2-3H3/t23-,24+,25+/m0/s1. The lowest BCUT2D eigenvalue weighted by Crippen LogP contribution is -2.55. The van der Waals surface area contributed by atoms with Crippen LogP contribution in [-0.2, 0) is 22.5 Å². The molecule has 4 heterocycles. The number of halogens is 2. The Kier molecular flexibility index (Phi) is 9.08. The summed E-state index contributed by atoms with van der Waals surface area (Å²) >= 11 is 6.69. The highest BCUT2D eigenvalue weighted by Gasteiger charge is 2.35. The van der Waals surface area contributed by atoms with E-state index in [1.54, 1.807) is 7.11 Å². The molecule has 0 unspecified atom stereocenters. The van der Waals surface area contributed by atoms with Gasteiger partial charge < -0.3 is 24.2 Å². The molecular weight excluding hydrogens is 597 g/mol. The first-order valence-electron chi connectivity index (χ1n) is 15.2. The molecule has 1 amide bonds. The topological polar surface area (TPSA) is 98.1 Å². The number of carbonyl (C=O) groups excluding carboxylic acids is 1. The van der Waals surface area contributed by atoms with E-state index >= 15 is 0 Å². The van der Waals surface area contributed by atoms with Gasteiger partial charge in [-0.2, -0.15) is 15.2 Å². The number of likely N-dealkylation sites (tertiary alicyclic amines) is 1. The monoisotopic (exact) mass is 633 g/mol. The van der Waals surface area contributed by atoms with E-state index in [1.807, 2.05) is 18.2 Å². The number of fused-ring (bicyclic) bond motifs is 2. The Morgan fingerprint density at radius 3 is 2.67 bits per heavy atom. The minimum atomic E-state index is -1.03. The molecule has 10 nitrogen and oxygen atoms in total. The highest BCUT2D eigenvalue weighted by molar-refractivity contribution is 6.36. The third-order valence-electron chi connectivity index (χ3n) is 9.19. The quantitative estimate of drug-likeness (QED) is 0.335. The Morgan fingerprint density at radius 1 is 1.13 bits per heavy atom. The predicted molar refractivity (Wildman–Crippen MR) is 171 cm³/mol. The summed E-state index contributed by atoms with van der Waals surface area (Å²) in [5, 5.41) is 12.3. The molecule has 0 bridgehead atoms. The van der Waals surface area contributed by atoms with Gasteiger partial charge in [-0.05, 0) is 37.4 Å². The highest BCUT2D eigenvalue weighted by Crippen LogP contribution is 2.37. The van der Waals surface area contributed by atoms with E-state index in [9.17, 15) is 14.4 Å². The maximum atomic E-state index is 13.8. The maximum Gasteiger partial charge on any atom is 0.318 e. The molecule has 2 fully saturated rings. The average molecular weight is 634 g/mol. The Bertz CT molecular complexity index is 1640. The fraction of sp³-hybridized carbons (Fsp3) is 0.455. The molecule has 0 saturated carbocycles. The van der Waals surface area contributed by atoms with E-state index in [0.717, 1.165) is 53.0 Å². The van der Waals surface area contributed by atoms with Gasteiger partial charge >= 0.3 is 6.01 Å². The Balaban J connectivity index is 1.33. The number of piperazine rings is 1. The van der Waals surface area contributed by atoms with Crippen LogP contribution in [0, 0.1) is 11.3 Å². The minimum Gasteiger partial charge on any atom is -0.462 e. The number of hydrogen-bond acceptors (Lipinski definition) is 9. The van der Waals surface area contributed by atoms with Crippen LogP contribution in [-0.4, -0.2) is 97.4 Å². The van der Waals surface area contributed by atoms with Crippen molar-refractivity contribution in [3.05, 3.63) is 65.1 Å². The van der Waals surface area contributed by atoms with Crippen LogP contribution >= 0.6 is 11.6 Å². The number of nitriles is 1. The van der Waals surface area contributed by atoms with Crippen LogP contribution in [0.1, 0.15) is 24.1 Å². The van der Waals surface area contributed by atoms with Crippen molar-refractivity contribution in [2.45, 2.75) is 44.0 Å². The number of ether oxygens (including phenoxy) is 2. The molecule has 2 saturated heterocycles. The third kappa shape index (κ3) is 6.27. The highest BCUT2D eigenvalue weighted by atomic mass is 35.5. The van der Waals surface area contributed by atoms with Crippen LogP contribution in [0.15, 0.2) is 48.8 Å². The molecule has 3 atom stereocenters. The van der Waals surface area contributed by atoms with Gasteiger partial charge in [-0.25, -0.2) is 4.39 Å². The molecule has 236 valence electrons. The Labute approximate surface area is 267 Å². The molecule has 0 aliphatic carbocycles. The van der Waals surface area contributed by atoms with Gasteiger partial charge in [0.05, 0.1) is 41.9 Å². The maximum absolute atomic E-state index is 13.8. The van der Waals surface area contributed by atoms with Crippen molar-refractivity contribution >= 4 is 39.8 Å². The van der Waals surface area contributed by atoms with Gasteiger partial charge in [0, 0.05) is 62.5 Å². The average Bonchev–Trinajstić information content (AvgIpc) is 3.42. The van der Waals surface area contributed by atoms with E-state index in [1.165, 1.54) is 4.90 Å². The van der Waals surface area contributed by atoms with Crippen LogP contribution in [0.3, 0.4) is 0 Å². The number of amides is 1. The van der Waals surface area contributed by atoms with Gasteiger partial charge in [-0.3, -0.25) is 9.69 Å². The number of likely N-dealkylation sites (N-methyl/N-ethyl adjacent to an activating group) is 1. The predicted octanol–water partition coefficient (Wildman–Crippen LogP) is 4.36. The van der Waals surface area contributed by atoms with Gasteiger partial charge in [0.1, 0.15) is 12.4 Å². The molecule has 0 N–H and O–H groups in total. The van der Waals surface area contributed by atoms with Crippen molar-refractivity contribution in [3.63, 3.8) is 0 Å². The largest absolute Gasteiger partial charge is 0.462 e. The zero-order valence-corrected chi connectivity index (χ0v) is 26.3. The van der Waals surface area contributed by atoms with Crippen molar-refractivity contribution in [1.29, 1.82) is 5.26 Å². The number of aromatic nitrogens is 2. The summed E-state index contributed by atoms with van der Waals surface area (Å²) in [6.07, 6.45) is 1.75. The zero-order chi connectivity index (χ0) is 31.7. The summed E-state index contributed by atoms with van der Waals surface area (Å²) in [7, 11) is 3.79. The fourth-order valence-corrected chi connectivity index (χ4v) is 7.05. The molecule has 2 aromatic carbocycles. The SMILES string of the molecule is C=C(F)C(=O)N1CCN(c2nc(OC[C@H]3C[C@@H](OC)CN3C)nc3c2CCN(c2cccc4cccc(Cl)c24)C3)C[C@@H]1CC#N. The van der Waals surface area contributed by atoms with Crippen LogP contribution in [0.25, 0.3) is 10.8 Å². The second kappa shape index (κ2) is 13.2. The number of benzene rings is 2. The van der Waals surface area contributed by atoms with E-state index in [4.69, 9.17) is 31.0 Å². The van der Waals surface area contributed by atoms with Crippen molar-refractivity contribution in [1.82, 2.24) is 19.8 Å². The minimum absolute atomic E-state index is 0.0659. The second-order valence-electron chi connectivity index (χ2n) is 11.9. The third-order valence-corrected chi connectivity index (χ3v) is 9.50. The molecule has 45 heavy (non-hydrogen) atoms. The van der Waals surface area contributed by atoms with E-state index < -0.39 is 17.8 Å². The number of carbonyl (C=O) groups is 1. The molecular formula is C33H37ClFN7O3. The lowest BCUT2D eigenvalue weighted by molar-refractivity contribution is -0.131.